The highest BCUT2D eigenvalue weighted by atomic mass is 32.2. The summed E-state index contributed by atoms with van der Waals surface area (Å²) in [7, 11) is 0. The van der Waals surface area contributed by atoms with Crippen molar-refractivity contribution >= 4 is 23.5 Å². The summed E-state index contributed by atoms with van der Waals surface area (Å²) in [6, 6.07) is 0.823. The summed E-state index contributed by atoms with van der Waals surface area (Å²) < 4.78 is 0. The van der Waals surface area contributed by atoms with E-state index in [-0.39, 0.29) is 0 Å². The Morgan fingerprint density at radius 1 is 1.45 bits per heavy atom. The van der Waals surface area contributed by atoms with Crippen molar-refractivity contribution in [2.24, 2.45) is 0 Å². The Hall–Kier alpha value is 0.660. The summed E-state index contributed by atoms with van der Waals surface area (Å²) in [5.41, 5.74) is 0. The summed E-state index contributed by atoms with van der Waals surface area (Å²) in [5.74, 6) is 3.97. The van der Waals surface area contributed by atoms with Crippen molar-refractivity contribution in [1.29, 1.82) is 0 Å². The Bertz CT molecular complexity index is 92.1. The number of nitrogens with one attached hydrogen (secondary N) is 1. The zero-order valence-corrected chi connectivity index (χ0v) is 8.77. The quantitative estimate of drug-likeness (QED) is 0.681. The van der Waals surface area contributed by atoms with Gasteiger partial charge in [-0.05, 0) is 30.6 Å². The van der Waals surface area contributed by atoms with Crippen molar-refractivity contribution in [3.8, 4) is 0 Å². The van der Waals surface area contributed by atoms with Gasteiger partial charge >= 0.3 is 0 Å². The topological polar surface area (TPSA) is 12.0 Å². The third kappa shape index (κ3) is 4.28. The van der Waals surface area contributed by atoms with Crippen molar-refractivity contribution in [1.82, 2.24) is 5.32 Å². The zero-order chi connectivity index (χ0) is 7.94. The molecule has 1 rings (SSSR count). The predicted octanol–water partition coefficient (Wildman–Crippen LogP) is 1.83. The second kappa shape index (κ2) is 6.21. The Labute approximate surface area is 78.1 Å². The highest BCUT2D eigenvalue weighted by Crippen LogP contribution is 2.16. The number of thioether (sulfide) groups is 2. The first kappa shape index (κ1) is 9.75. The molecule has 0 aromatic rings. The van der Waals surface area contributed by atoms with Gasteiger partial charge in [-0.2, -0.15) is 23.5 Å². The molecule has 3 heteroatoms. The first-order valence-corrected chi connectivity index (χ1v) is 6.78. The largest absolute Gasteiger partial charge is 0.313 e. The highest BCUT2D eigenvalue weighted by Gasteiger charge is 2.11. The SMILES string of the molecule is CSCCNC1CCSCC1. The molecule has 0 aromatic carbocycles. The number of hydrogen-bond acceptors (Lipinski definition) is 3. The molecule has 0 radical (unpaired) electrons. The van der Waals surface area contributed by atoms with Crippen LogP contribution in [-0.2, 0) is 0 Å². The predicted molar refractivity (Wildman–Crippen MR) is 56.7 cm³/mol. The lowest BCUT2D eigenvalue weighted by Gasteiger charge is -2.22. The summed E-state index contributed by atoms with van der Waals surface area (Å²) in [4.78, 5) is 0. The molecule has 1 aliphatic heterocycles. The Kier molecular flexibility index (Phi) is 5.50. The van der Waals surface area contributed by atoms with Gasteiger partial charge in [-0.15, -0.1) is 0 Å². The van der Waals surface area contributed by atoms with E-state index in [0.717, 1.165) is 6.04 Å². The van der Waals surface area contributed by atoms with Gasteiger partial charge in [-0.25, -0.2) is 0 Å². The normalized spacial score (nSPS) is 20.5. The summed E-state index contributed by atoms with van der Waals surface area (Å²) in [6.07, 6.45) is 4.91. The fourth-order valence-electron chi connectivity index (χ4n) is 1.27. The standard InChI is InChI=1S/C8H17NS2/c1-10-7-4-9-8-2-5-11-6-3-8/h8-9H,2-7H2,1H3. The maximum Gasteiger partial charge on any atom is 0.00831 e. The Balaban J connectivity index is 1.96. The van der Waals surface area contributed by atoms with Crippen LogP contribution in [0.5, 0.6) is 0 Å². The smallest absolute Gasteiger partial charge is 0.00831 e. The Morgan fingerprint density at radius 2 is 2.18 bits per heavy atom. The Morgan fingerprint density at radius 3 is 2.82 bits per heavy atom. The van der Waals surface area contributed by atoms with E-state index in [9.17, 15) is 0 Å². The van der Waals surface area contributed by atoms with Crippen LogP contribution in [-0.4, -0.2) is 36.1 Å². The molecule has 1 fully saturated rings. The van der Waals surface area contributed by atoms with Gasteiger partial charge in [0.05, 0.1) is 0 Å². The molecule has 1 aliphatic rings. The van der Waals surface area contributed by atoms with Gasteiger partial charge in [0.15, 0.2) is 0 Å². The maximum absolute atomic E-state index is 3.59. The molecule has 0 bridgehead atoms. The van der Waals surface area contributed by atoms with E-state index in [0.29, 0.717) is 0 Å². The van der Waals surface area contributed by atoms with E-state index >= 15 is 0 Å². The van der Waals surface area contributed by atoms with Crippen LogP contribution in [0.4, 0.5) is 0 Å². The van der Waals surface area contributed by atoms with Crippen LogP contribution in [0, 0.1) is 0 Å². The van der Waals surface area contributed by atoms with E-state index < -0.39 is 0 Å². The molecule has 11 heavy (non-hydrogen) atoms. The van der Waals surface area contributed by atoms with E-state index in [1.54, 1.807) is 0 Å². The van der Waals surface area contributed by atoms with Crippen molar-refractivity contribution in [3.63, 3.8) is 0 Å². The molecule has 1 saturated heterocycles. The van der Waals surface area contributed by atoms with Crippen LogP contribution >= 0.6 is 23.5 Å². The molecular formula is C8H17NS2. The third-order valence-corrected chi connectivity index (χ3v) is 3.62. The van der Waals surface area contributed by atoms with Crippen LogP contribution < -0.4 is 5.32 Å². The van der Waals surface area contributed by atoms with Crippen LogP contribution in [0.15, 0.2) is 0 Å². The minimum absolute atomic E-state index is 0.823. The van der Waals surface area contributed by atoms with Crippen LogP contribution in [0.2, 0.25) is 0 Å². The van der Waals surface area contributed by atoms with Crippen molar-refractivity contribution in [2.75, 3.05) is 30.1 Å². The molecule has 0 saturated carbocycles. The van der Waals surface area contributed by atoms with E-state index in [1.165, 1.54) is 36.6 Å². The fraction of sp³-hybridized carbons (Fsp3) is 1.00. The van der Waals surface area contributed by atoms with Gasteiger partial charge < -0.3 is 5.32 Å². The second-order valence-corrected chi connectivity index (χ2v) is 5.04. The second-order valence-electron chi connectivity index (χ2n) is 2.83. The average Bonchev–Trinajstić information content (AvgIpc) is 2.07. The summed E-state index contributed by atoms with van der Waals surface area (Å²) in [6.45, 7) is 1.19. The van der Waals surface area contributed by atoms with Crippen molar-refractivity contribution in [3.05, 3.63) is 0 Å². The third-order valence-electron chi connectivity index (χ3n) is 1.96. The summed E-state index contributed by atoms with van der Waals surface area (Å²) in [5, 5.41) is 3.59. The monoisotopic (exact) mass is 191 g/mol. The average molecular weight is 191 g/mol. The molecular weight excluding hydrogens is 174 g/mol. The molecule has 0 aliphatic carbocycles. The minimum atomic E-state index is 0.823. The van der Waals surface area contributed by atoms with Gasteiger partial charge in [-0.3, -0.25) is 0 Å². The first-order valence-electron chi connectivity index (χ1n) is 4.23. The first-order chi connectivity index (χ1) is 5.43. The van der Waals surface area contributed by atoms with E-state index in [2.05, 4.69) is 23.3 Å². The zero-order valence-electron chi connectivity index (χ0n) is 7.14. The number of rotatable bonds is 4. The van der Waals surface area contributed by atoms with Gasteiger partial charge in [0.2, 0.25) is 0 Å². The molecule has 66 valence electrons. The molecule has 1 N–H and O–H groups in total. The molecule has 0 atom stereocenters. The minimum Gasteiger partial charge on any atom is -0.313 e. The lowest BCUT2D eigenvalue weighted by atomic mass is 10.1. The van der Waals surface area contributed by atoms with E-state index in [4.69, 9.17) is 0 Å². The lowest BCUT2D eigenvalue weighted by Crippen LogP contribution is -2.33. The molecule has 0 amide bonds. The molecule has 1 heterocycles. The van der Waals surface area contributed by atoms with E-state index in [1.807, 2.05) is 11.8 Å². The van der Waals surface area contributed by atoms with Gasteiger partial charge in [0, 0.05) is 18.3 Å². The number of hydrogen-bond donors (Lipinski definition) is 1. The fourth-order valence-corrected chi connectivity index (χ4v) is 2.70. The molecule has 1 nitrogen and oxygen atoms in total. The molecule has 0 spiro atoms. The van der Waals surface area contributed by atoms with Gasteiger partial charge in [0.25, 0.3) is 0 Å². The summed E-state index contributed by atoms with van der Waals surface area (Å²) >= 11 is 4.02. The van der Waals surface area contributed by atoms with Crippen LogP contribution in [0.25, 0.3) is 0 Å². The lowest BCUT2D eigenvalue weighted by molar-refractivity contribution is 0.499. The highest BCUT2D eigenvalue weighted by molar-refractivity contribution is 7.99. The van der Waals surface area contributed by atoms with Crippen LogP contribution in [0.3, 0.4) is 0 Å². The van der Waals surface area contributed by atoms with Crippen molar-refractivity contribution < 1.29 is 0 Å². The van der Waals surface area contributed by atoms with Gasteiger partial charge in [0.1, 0.15) is 0 Å². The molecule has 0 aromatic heterocycles. The van der Waals surface area contributed by atoms with Gasteiger partial charge in [-0.1, -0.05) is 0 Å². The van der Waals surface area contributed by atoms with Crippen molar-refractivity contribution in [2.45, 2.75) is 18.9 Å². The maximum atomic E-state index is 3.59. The van der Waals surface area contributed by atoms with Crippen LogP contribution in [0.1, 0.15) is 12.8 Å². The molecule has 0 unspecified atom stereocenters.